The smallest absolute Gasteiger partial charge is 0.222 e. The first-order valence-corrected chi connectivity index (χ1v) is 6.35. The van der Waals surface area contributed by atoms with Gasteiger partial charge in [-0.1, -0.05) is 0 Å². The van der Waals surface area contributed by atoms with Crippen LogP contribution >= 0.6 is 0 Å². The Morgan fingerprint density at radius 1 is 1.29 bits per heavy atom. The lowest BCUT2D eigenvalue weighted by molar-refractivity contribution is 0.263. The number of nitriles is 1. The molecule has 1 atom stereocenters. The minimum atomic E-state index is 0.0349. The van der Waals surface area contributed by atoms with Gasteiger partial charge in [-0.3, -0.25) is 0 Å². The van der Waals surface area contributed by atoms with Gasteiger partial charge >= 0.3 is 0 Å². The van der Waals surface area contributed by atoms with E-state index >= 15 is 0 Å². The number of ether oxygens (including phenoxy) is 2. The predicted molar refractivity (Wildman–Crippen MR) is 76.2 cm³/mol. The summed E-state index contributed by atoms with van der Waals surface area (Å²) in [5.74, 6) is 0.835. The Kier molecular flexibility index (Phi) is 3.30. The van der Waals surface area contributed by atoms with Crippen LogP contribution in [0, 0.1) is 11.3 Å². The van der Waals surface area contributed by atoms with Crippen molar-refractivity contribution < 1.29 is 9.47 Å². The summed E-state index contributed by atoms with van der Waals surface area (Å²) >= 11 is 0. The van der Waals surface area contributed by atoms with Gasteiger partial charge in [0.1, 0.15) is 35.9 Å². The molecule has 2 heterocycles. The molecule has 2 aromatic rings. The number of hydrogen-bond acceptors (Lipinski definition) is 7. The quantitative estimate of drug-likeness (QED) is 0.801. The summed E-state index contributed by atoms with van der Waals surface area (Å²) in [5.41, 5.74) is 12.6. The second-order valence-electron chi connectivity index (χ2n) is 4.59. The van der Waals surface area contributed by atoms with Gasteiger partial charge in [0.2, 0.25) is 5.95 Å². The highest BCUT2D eigenvalue weighted by atomic mass is 16.6. The lowest BCUT2D eigenvalue weighted by atomic mass is 10.1. The summed E-state index contributed by atoms with van der Waals surface area (Å²) < 4.78 is 10.6. The van der Waals surface area contributed by atoms with E-state index in [2.05, 4.69) is 9.97 Å². The van der Waals surface area contributed by atoms with Crippen LogP contribution in [0.1, 0.15) is 5.56 Å². The largest absolute Gasteiger partial charge is 0.491 e. The van der Waals surface area contributed by atoms with Crippen LogP contribution in [0.4, 0.5) is 11.8 Å². The molecule has 1 aliphatic heterocycles. The van der Waals surface area contributed by atoms with Gasteiger partial charge < -0.3 is 20.9 Å². The van der Waals surface area contributed by atoms with Crippen LogP contribution in [0.15, 0.2) is 24.3 Å². The first-order valence-electron chi connectivity index (χ1n) is 6.35. The van der Waals surface area contributed by atoms with Crippen molar-refractivity contribution in [3.05, 3.63) is 29.8 Å². The van der Waals surface area contributed by atoms with E-state index in [0.29, 0.717) is 12.3 Å². The van der Waals surface area contributed by atoms with Gasteiger partial charge in [-0.2, -0.15) is 10.2 Å². The first kappa shape index (κ1) is 13.1. The molecular weight excluding hydrogens is 270 g/mol. The molecule has 21 heavy (non-hydrogen) atoms. The normalized spacial score (nSPS) is 16.2. The third kappa shape index (κ3) is 2.85. The van der Waals surface area contributed by atoms with E-state index < -0.39 is 0 Å². The lowest BCUT2D eigenvalue weighted by Gasteiger charge is -2.08. The molecule has 1 unspecified atom stereocenters. The Bertz CT molecular complexity index is 705. The number of anilines is 2. The van der Waals surface area contributed by atoms with Crippen LogP contribution in [0.2, 0.25) is 0 Å². The zero-order valence-corrected chi connectivity index (χ0v) is 11.1. The van der Waals surface area contributed by atoms with Crippen molar-refractivity contribution in [2.45, 2.75) is 6.10 Å². The maximum atomic E-state index is 9.17. The van der Waals surface area contributed by atoms with Gasteiger partial charge in [-0.05, 0) is 24.3 Å². The van der Waals surface area contributed by atoms with Gasteiger partial charge in [0, 0.05) is 5.56 Å². The number of aromatic nitrogens is 2. The number of hydrogen-bond donors (Lipinski definition) is 2. The fourth-order valence-corrected chi connectivity index (χ4v) is 1.88. The minimum absolute atomic E-state index is 0.0349. The van der Waals surface area contributed by atoms with Crippen LogP contribution < -0.4 is 16.2 Å². The van der Waals surface area contributed by atoms with Crippen LogP contribution in [0.3, 0.4) is 0 Å². The van der Waals surface area contributed by atoms with Gasteiger partial charge in [0.15, 0.2) is 0 Å². The summed E-state index contributed by atoms with van der Waals surface area (Å²) in [6.07, 6.45) is 0.205. The second-order valence-corrected chi connectivity index (χ2v) is 4.59. The molecule has 0 radical (unpaired) electrons. The number of nitrogen functional groups attached to an aromatic ring is 2. The van der Waals surface area contributed by atoms with E-state index in [-0.39, 0.29) is 23.4 Å². The van der Waals surface area contributed by atoms with Crippen molar-refractivity contribution in [3.63, 3.8) is 0 Å². The number of rotatable bonds is 4. The highest BCUT2D eigenvalue weighted by Crippen LogP contribution is 2.27. The monoisotopic (exact) mass is 283 g/mol. The average Bonchev–Trinajstić information content (AvgIpc) is 3.29. The van der Waals surface area contributed by atoms with Gasteiger partial charge in [0.05, 0.1) is 12.3 Å². The van der Waals surface area contributed by atoms with Crippen molar-refractivity contribution in [1.29, 1.82) is 5.26 Å². The summed E-state index contributed by atoms with van der Waals surface area (Å²) in [6.45, 7) is 1.29. The van der Waals surface area contributed by atoms with Crippen molar-refractivity contribution in [2.75, 3.05) is 24.7 Å². The molecule has 0 spiro atoms. The molecule has 0 bridgehead atoms. The van der Waals surface area contributed by atoms with Gasteiger partial charge in [-0.25, -0.2) is 4.98 Å². The zero-order valence-electron chi connectivity index (χ0n) is 11.1. The standard InChI is InChI=1S/C14H13N5O2/c15-5-11-12(18-14(17)19-13(11)16)8-1-3-9(4-2-8)20-6-10-7-21-10/h1-4,10H,6-7H2,(H4,16,17,18,19). The number of epoxide rings is 1. The maximum absolute atomic E-state index is 9.17. The molecule has 0 aliphatic carbocycles. The summed E-state index contributed by atoms with van der Waals surface area (Å²) in [6, 6.07) is 9.19. The van der Waals surface area contributed by atoms with E-state index in [9.17, 15) is 0 Å². The van der Waals surface area contributed by atoms with Gasteiger partial charge in [-0.15, -0.1) is 0 Å². The van der Waals surface area contributed by atoms with Gasteiger partial charge in [0.25, 0.3) is 0 Å². The van der Waals surface area contributed by atoms with E-state index in [1.54, 1.807) is 24.3 Å². The van der Waals surface area contributed by atoms with E-state index in [1.807, 2.05) is 6.07 Å². The molecule has 1 aromatic heterocycles. The average molecular weight is 283 g/mol. The van der Waals surface area contributed by atoms with Crippen LogP contribution in [0.25, 0.3) is 11.3 Å². The molecule has 3 rings (SSSR count). The predicted octanol–water partition coefficient (Wildman–Crippen LogP) is 0.957. The van der Waals surface area contributed by atoms with E-state index in [0.717, 1.165) is 17.9 Å². The third-order valence-corrected chi connectivity index (χ3v) is 3.03. The fraction of sp³-hybridized carbons (Fsp3) is 0.214. The molecule has 0 saturated carbocycles. The van der Waals surface area contributed by atoms with Crippen molar-refractivity contribution >= 4 is 11.8 Å². The van der Waals surface area contributed by atoms with Crippen LogP contribution in [-0.2, 0) is 4.74 Å². The lowest BCUT2D eigenvalue weighted by Crippen LogP contribution is -2.05. The van der Waals surface area contributed by atoms with E-state index in [4.69, 9.17) is 26.2 Å². The molecule has 1 fully saturated rings. The maximum Gasteiger partial charge on any atom is 0.222 e. The Hall–Kier alpha value is -2.85. The Morgan fingerprint density at radius 2 is 2.00 bits per heavy atom. The summed E-state index contributed by atoms with van der Waals surface area (Å²) in [7, 11) is 0. The number of nitrogens with two attached hydrogens (primary N) is 2. The minimum Gasteiger partial charge on any atom is -0.491 e. The molecule has 1 aromatic carbocycles. The molecule has 4 N–H and O–H groups in total. The van der Waals surface area contributed by atoms with Crippen molar-refractivity contribution in [2.24, 2.45) is 0 Å². The molecule has 7 heteroatoms. The van der Waals surface area contributed by atoms with Crippen molar-refractivity contribution in [1.82, 2.24) is 9.97 Å². The molecule has 1 aliphatic rings. The highest BCUT2D eigenvalue weighted by molar-refractivity contribution is 5.73. The van der Waals surface area contributed by atoms with Crippen molar-refractivity contribution in [3.8, 4) is 23.1 Å². The van der Waals surface area contributed by atoms with E-state index in [1.165, 1.54) is 0 Å². The Balaban J connectivity index is 1.88. The Labute approximate surface area is 121 Å². The fourth-order valence-electron chi connectivity index (χ4n) is 1.88. The molecule has 106 valence electrons. The Morgan fingerprint density at radius 3 is 2.62 bits per heavy atom. The number of benzene rings is 1. The van der Waals surface area contributed by atoms with Crippen LogP contribution in [0.5, 0.6) is 5.75 Å². The first-order chi connectivity index (χ1) is 10.2. The SMILES string of the molecule is N#Cc1c(N)nc(N)nc1-c1ccc(OCC2CO2)cc1. The third-order valence-electron chi connectivity index (χ3n) is 3.03. The highest BCUT2D eigenvalue weighted by Gasteiger charge is 2.23. The number of nitrogens with zero attached hydrogens (tertiary/aromatic N) is 3. The summed E-state index contributed by atoms with van der Waals surface area (Å²) in [5, 5.41) is 9.17. The molecule has 7 nitrogen and oxygen atoms in total. The summed E-state index contributed by atoms with van der Waals surface area (Å²) in [4.78, 5) is 7.88. The molecule has 1 saturated heterocycles. The topological polar surface area (TPSA) is 123 Å². The molecular formula is C14H13N5O2. The van der Waals surface area contributed by atoms with Crippen LogP contribution in [-0.4, -0.2) is 29.3 Å². The second kappa shape index (κ2) is 5.26. The molecule has 0 amide bonds. The zero-order chi connectivity index (χ0) is 14.8.